The lowest BCUT2D eigenvalue weighted by Crippen LogP contribution is -2.25. The van der Waals surface area contributed by atoms with Crippen molar-refractivity contribution in [2.24, 2.45) is 5.92 Å². The molecule has 1 aromatic heterocycles. The fourth-order valence-electron chi connectivity index (χ4n) is 1.65. The van der Waals surface area contributed by atoms with Crippen LogP contribution in [0, 0.1) is 24.2 Å². The summed E-state index contributed by atoms with van der Waals surface area (Å²) in [5, 5.41) is 17.7. The second-order valence-electron chi connectivity index (χ2n) is 4.05. The van der Waals surface area contributed by atoms with Crippen LogP contribution >= 0.6 is 0 Å². The zero-order valence-electron chi connectivity index (χ0n) is 9.94. The molecule has 1 heterocycles. The molecule has 4 heteroatoms. The average Bonchev–Trinajstić information content (AvgIpc) is 2.28. The molecule has 0 saturated heterocycles. The first-order chi connectivity index (χ1) is 7.58. The first kappa shape index (κ1) is 12.5. The van der Waals surface area contributed by atoms with E-state index in [9.17, 15) is 0 Å². The Labute approximate surface area is 96.2 Å². The molecule has 0 bridgehead atoms. The zero-order valence-corrected chi connectivity index (χ0v) is 9.94. The maximum atomic E-state index is 8.98. The van der Waals surface area contributed by atoms with Crippen molar-refractivity contribution >= 4 is 5.82 Å². The fourth-order valence-corrected chi connectivity index (χ4v) is 1.65. The van der Waals surface area contributed by atoms with Gasteiger partial charge in [0.25, 0.3) is 0 Å². The van der Waals surface area contributed by atoms with Crippen molar-refractivity contribution in [3.63, 3.8) is 0 Å². The number of hydrogen-bond acceptors (Lipinski definition) is 4. The summed E-state index contributed by atoms with van der Waals surface area (Å²) >= 11 is 0. The molecule has 16 heavy (non-hydrogen) atoms. The molecule has 0 radical (unpaired) electrons. The Hall–Kier alpha value is -1.60. The van der Waals surface area contributed by atoms with Crippen LogP contribution in [0.3, 0.4) is 0 Å². The van der Waals surface area contributed by atoms with Gasteiger partial charge >= 0.3 is 0 Å². The van der Waals surface area contributed by atoms with Gasteiger partial charge in [-0.25, -0.2) is 4.98 Å². The van der Waals surface area contributed by atoms with Gasteiger partial charge in [-0.05, 0) is 31.0 Å². The summed E-state index contributed by atoms with van der Waals surface area (Å²) in [5.74, 6) is 0.836. The molecule has 86 valence electrons. The van der Waals surface area contributed by atoms with E-state index in [0.29, 0.717) is 6.54 Å². The Morgan fingerprint density at radius 1 is 1.62 bits per heavy atom. The monoisotopic (exact) mass is 219 g/mol. The van der Waals surface area contributed by atoms with E-state index in [1.54, 1.807) is 6.20 Å². The lowest BCUT2D eigenvalue weighted by atomic mass is 10.1. The maximum Gasteiger partial charge on any atom is 0.131 e. The van der Waals surface area contributed by atoms with Gasteiger partial charge in [-0.15, -0.1) is 0 Å². The van der Waals surface area contributed by atoms with E-state index in [0.717, 1.165) is 16.9 Å². The van der Waals surface area contributed by atoms with Gasteiger partial charge in [0.05, 0.1) is 18.6 Å². The minimum atomic E-state index is -0.0243. The van der Waals surface area contributed by atoms with Gasteiger partial charge in [-0.2, -0.15) is 5.26 Å². The van der Waals surface area contributed by atoms with Crippen LogP contribution in [0.25, 0.3) is 0 Å². The second-order valence-corrected chi connectivity index (χ2v) is 4.05. The first-order valence-electron chi connectivity index (χ1n) is 5.25. The largest absolute Gasteiger partial charge is 0.392 e. The quantitative estimate of drug-likeness (QED) is 0.833. The van der Waals surface area contributed by atoms with Crippen LogP contribution in [0.15, 0.2) is 12.3 Å². The van der Waals surface area contributed by atoms with E-state index in [2.05, 4.69) is 11.1 Å². The summed E-state index contributed by atoms with van der Waals surface area (Å²) in [6, 6.07) is 4.11. The molecule has 0 aliphatic rings. The highest BCUT2D eigenvalue weighted by atomic mass is 16.3. The van der Waals surface area contributed by atoms with Gasteiger partial charge in [-0.1, -0.05) is 0 Å². The number of aliphatic hydroxyl groups excluding tert-OH is 1. The molecule has 0 amide bonds. The van der Waals surface area contributed by atoms with Gasteiger partial charge in [0.2, 0.25) is 0 Å². The number of anilines is 1. The molecule has 1 unspecified atom stereocenters. The van der Waals surface area contributed by atoms with E-state index in [4.69, 9.17) is 10.4 Å². The Morgan fingerprint density at radius 2 is 2.31 bits per heavy atom. The summed E-state index contributed by atoms with van der Waals surface area (Å²) < 4.78 is 0. The van der Waals surface area contributed by atoms with Crippen LogP contribution in [0.5, 0.6) is 0 Å². The number of pyridine rings is 1. The van der Waals surface area contributed by atoms with Crippen LogP contribution in [0.4, 0.5) is 5.82 Å². The van der Waals surface area contributed by atoms with Gasteiger partial charge in [0.1, 0.15) is 5.82 Å². The fraction of sp³-hybridized carbons (Fsp3) is 0.500. The molecule has 1 aromatic rings. The number of aliphatic hydroxyl groups is 1. The standard InChI is InChI=1S/C12H17N3O/c1-9(5-13)7-15(3)12-10(2)4-11(8-16)6-14-12/h4,6,9,16H,7-8H2,1-3H3. The molecular formula is C12H17N3O. The summed E-state index contributed by atoms with van der Waals surface area (Å²) in [4.78, 5) is 6.26. The SMILES string of the molecule is Cc1cc(CO)cnc1N(C)CC(C)C#N. The first-order valence-corrected chi connectivity index (χ1v) is 5.25. The third-order valence-electron chi connectivity index (χ3n) is 2.42. The highest BCUT2D eigenvalue weighted by Gasteiger charge is 2.10. The minimum absolute atomic E-state index is 0.00638. The number of aromatic nitrogens is 1. The highest BCUT2D eigenvalue weighted by molar-refractivity contribution is 5.46. The summed E-state index contributed by atoms with van der Waals surface area (Å²) in [7, 11) is 1.92. The van der Waals surface area contributed by atoms with Crippen LogP contribution in [-0.4, -0.2) is 23.7 Å². The van der Waals surface area contributed by atoms with E-state index in [1.807, 2.05) is 31.9 Å². The molecule has 0 fully saturated rings. The smallest absolute Gasteiger partial charge is 0.131 e. The van der Waals surface area contributed by atoms with Crippen molar-refractivity contribution < 1.29 is 5.11 Å². The van der Waals surface area contributed by atoms with Crippen LogP contribution in [0.1, 0.15) is 18.1 Å². The Morgan fingerprint density at radius 3 is 2.81 bits per heavy atom. The molecule has 0 saturated carbocycles. The van der Waals surface area contributed by atoms with E-state index < -0.39 is 0 Å². The number of rotatable bonds is 4. The van der Waals surface area contributed by atoms with Crippen LogP contribution in [0.2, 0.25) is 0 Å². The Bertz CT molecular complexity index is 398. The second kappa shape index (κ2) is 5.47. The molecule has 0 aromatic carbocycles. The third-order valence-corrected chi connectivity index (χ3v) is 2.42. The predicted octanol–water partition coefficient (Wildman–Crippen LogP) is 1.48. The van der Waals surface area contributed by atoms with E-state index in [-0.39, 0.29) is 12.5 Å². The van der Waals surface area contributed by atoms with Crippen molar-refractivity contribution in [2.75, 3.05) is 18.5 Å². The lowest BCUT2D eigenvalue weighted by Gasteiger charge is -2.21. The highest BCUT2D eigenvalue weighted by Crippen LogP contribution is 2.17. The molecule has 1 rings (SSSR count). The van der Waals surface area contributed by atoms with Crippen molar-refractivity contribution in [2.45, 2.75) is 20.5 Å². The number of nitriles is 1. The molecule has 4 nitrogen and oxygen atoms in total. The van der Waals surface area contributed by atoms with Crippen molar-refractivity contribution in [1.29, 1.82) is 5.26 Å². The number of nitrogens with zero attached hydrogens (tertiary/aromatic N) is 3. The lowest BCUT2D eigenvalue weighted by molar-refractivity contribution is 0.281. The predicted molar refractivity (Wildman–Crippen MR) is 62.9 cm³/mol. The molecule has 1 N–H and O–H groups in total. The summed E-state index contributed by atoms with van der Waals surface area (Å²) in [5.41, 5.74) is 1.82. The molecular weight excluding hydrogens is 202 g/mol. The average molecular weight is 219 g/mol. The minimum Gasteiger partial charge on any atom is -0.392 e. The molecule has 0 spiro atoms. The third kappa shape index (κ3) is 2.94. The van der Waals surface area contributed by atoms with Gasteiger partial charge in [0, 0.05) is 19.8 Å². The van der Waals surface area contributed by atoms with Gasteiger partial charge in [-0.3, -0.25) is 0 Å². The summed E-state index contributed by atoms with van der Waals surface area (Å²) in [6.07, 6.45) is 1.66. The normalized spacial score (nSPS) is 11.9. The zero-order chi connectivity index (χ0) is 12.1. The number of hydrogen-bond donors (Lipinski definition) is 1. The topological polar surface area (TPSA) is 60.2 Å². The van der Waals surface area contributed by atoms with Gasteiger partial charge in [0.15, 0.2) is 0 Å². The van der Waals surface area contributed by atoms with Crippen LogP contribution in [-0.2, 0) is 6.61 Å². The van der Waals surface area contributed by atoms with E-state index in [1.165, 1.54) is 0 Å². The van der Waals surface area contributed by atoms with Crippen molar-refractivity contribution in [3.8, 4) is 6.07 Å². The Kier molecular flexibility index (Phi) is 4.27. The van der Waals surface area contributed by atoms with Crippen LogP contribution < -0.4 is 4.90 Å². The van der Waals surface area contributed by atoms with Crippen molar-refractivity contribution in [1.82, 2.24) is 4.98 Å². The molecule has 1 atom stereocenters. The maximum absolute atomic E-state index is 8.98. The van der Waals surface area contributed by atoms with Crippen molar-refractivity contribution in [3.05, 3.63) is 23.4 Å². The Balaban J connectivity index is 2.84. The summed E-state index contributed by atoms with van der Waals surface area (Å²) in [6.45, 7) is 4.50. The van der Waals surface area contributed by atoms with Gasteiger partial charge < -0.3 is 10.0 Å². The molecule has 0 aliphatic heterocycles. The molecule has 0 aliphatic carbocycles. The number of aryl methyl sites for hydroxylation is 1. The van der Waals surface area contributed by atoms with E-state index >= 15 is 0 Å².